The molecule has 25 heavy (non-hydrogen) atoms. The van der Waals surface area contributed by atoms with Crippen LogP contribution in [0.15, 0.2) is 45.0 Å². The van der Waals surface area contributed by atoms with Gasteiger partial charge in [-0.25, -0.2) is 4.98 Å². The van der Waals surface area contributed by atoms with Gasteiger partial charge in [-0.05, 0) is 54.2 Å². The molecule has 0 unspecified atom stereocenters. The third kappa shape index (κ3) is 3.82. The lowest BCUT2D eigenvalue weighted by atomic mass is 10.2. The summed E-state index contributed by atoms with van der Waals surface area (Å²) >= 11 is 1.35. The molecule has 0 aliphatic rings. The van der Waals surface area contributed by atoms with Crippen molar-refractivity contribution in [2.75, 3.05) is 0 Å². The molecule has 2 aromatic heterocycles. The second-order valence-corrected chi connectivity index (χ2v) is 13.2. The Morgan fingerprint density at radius 3 is 2.64 bits per heavy atom. The number of fused-ring (bicyclic) bond motifs is 1. The van der Waals surface area contributed by atoms with Gasteiger partial charge in [-0.2, -0.15) is 0 Å². The van der Waals surface area contributed by atoms with Crippen molar-refractivity contribution in [3.8, 4) is 5.75 Å². The molecule has 0 fully saturated rings. The van der Waals surface area contributed by atoms with Crippen LogP contribution in [0.25, 0.3) is 11.0 Å². The molecule has 3 rings (SSSR count). The van der Waals surface area contributed by atoms with Crippen molar-refractivity contribution in [3.05, 3.63) is 36.1 Å². The zero-order valence-corrected chi connectivity index (χ0v) is 16.9. The van der Waals surface area contributed by atoms with Crippen molar-refractivity contribution in [2.45, 2.75) is 49.2 Å². The largest absolute Gasteiger partial charge is 0.543 e. The van der Waals surface area contributed by atoms with E-state index in [4.69, 9.17) is 8.84 Å². The second-order valence-electron chi connectivity index (χ2n) is 7.46. The van der Waals surface area contributed by atoms with Crippen LogP contribution in [0, 0.1) is 0 Å². The van der Waals surface area contributed by atoms with Gasteiger partial charge in [-0.1, -0.05) is 20.8 Å². The fourth-order valence-corrected chi connectivity index (χ4v) is 3.86. The van der Waals surface area contributed by atoms with E-state index in [0.29, 0.717) is 22.3 Å². The molecule has 7 heteroatoms. The van der Waals surface area contributed by atoms with E-state index in [9.17, 15) is 4.79 Å². The van der Waals surface area contributed by atoms with E-state index in [0.717, 1.165) is 16.8 Å². The Labute approximate surface area is 152 Å². The molecule has 0 spiro atoms. The van der Waals surface area contributed by atoms with Gasteiger partial charge < -0.3 is 13.8 Å². The number of aromatic amines is 1. The summed E-state index contributed by atoms with van der Waals surface area (Å²) in [6, 6.07) is 9.31. The third-order valence-corrected chi connectivity index (χ3v) is 9.69. The molecule has 132 valence electrons. The topological polar surface area (TPSA) is 68.1 Å². The lowest BCUT2D eigenvalue weighted by Gasteiger charge is -2.36. The van der Waals surface area contributed by atoms with E-state index in [2.05, 4.69) is 43.8 Å². The summed E-state index contributed by atoms with van der Waals surface area (Å²) in [5.74, 6) is 1.17. The first-order valence-electron chi connectivity index (χ1n) is 8.10. The van der Waals surface area contributed by atoms with Crippen LogP contribution >= 0.6 is 11.8 Å². The highest BCUT2D eigenvalue weighted by Crippen LogP contribution is 2.38. The van der Waals surface area contributed by atoms with Crippen LogP contribution < -0.4 is 4.43 Å². The number of nitrogens with zero attached hydrogens (tertiary/aromatic N) is 1. The molecule has 0 radical (unpaired) electrons. The van der Waals surface area contributed by atoms with Crippen LogP contribution in [0.5, 0.6) is 5.75 Å². The average molecular weight is 375 g/mol. The Morgan fingerprint density at radius 2 is 2.00 bits per heavy atom. The number of aldehydes is 1. The quantitative estimate of drug-likeness (QED) is 0.471. The fraction of sp³-hybridized carbons (Fsp3) is 0.333. The highest BCUT2D eigenvalue weighted by molar-refractivity contribution is 7.99. The lowest BCUT2D eigenvalue weighted by Crippen LogP contribution is -2.43. The summed E-state index contributed by atoms with van der Waals surface area (Å²) < 4.78 is 11.7. The van der Waals surface area contributed by atoms with Crippen molar-refractivity contribution in [3.63, 3.8) is 0 Å². The maximum Gasteiger partial charge on any atom is 0.250 e. The zero-order chi connectivity index (χ0) is 18.2. The Balaban J connectivity index is 1.83. The molecule has 0 saturated carbocycles. The smallest absolute Gasteiger partial charge is 0.250 e. The minimum Gasteiger partial charge on any atom is -0.543 e. The molecule has 2 heterocycles. The van der Waals surface area contributed by atoms with Crippen LogP contribution in [-0.4, -0.2) is 24.6 Å². The molecule has 0 saturated heterocycles. The number of hydrogen-bond donors (Lipinski definition) is 1. The highest BCUT2D eigenvalue weighted by atomic mass is 32.2. The molecule has 0 aliphatic carbocycles. The van der Waals surface area contributed by atoms with Crippen LogP contribution in [0.1, 0.15) is 31.3 Å². The maximum atomic E-state index is 10.7. The van der Waals surface area contributed by atoms with Gasteiger partial charge in [-0.3, -0.25) is 4.79 Å². The molecule has 1 N–H and O–H groups in total. The van der Waals surface area contributed by atoms with Crippen molar-refractivity contribution in [1.82, 2.24) is 9.97 Å². The summed E-state index contributed by atoms with van der Waals surface area (Å²) in [5, 5.41) is 1.48. The van der Waals surface area contributed by atoms with E-state index < -0.39 is 8.32 Å². The van der Waals surface area contributed by atoms with Gasteiger partial charge >= 0.3 is 0 Å². The monoisotopic (exact) mass is 374 g/mol. The van der Waals surface area contributed by atoms with Gasteiger partial charge in [0, 0.05) is 6.07 Å². The average Bonchev–Trinajstić information content (AvgIpc) is 3.11. The van der Waals surface area contributed by atoms with E-state index in [-0.39, 0.29) is 5.04 Å². The van der Waals surface area contributed by atoms with E-state index >= 15 is 0 Å². The minimum absolute atomic E-state index is 0.145. The number of nitrogens with one attached hydrogen (secondary N) is 1. The van der Waals surface area contributed by atoms with Gasteiger partial charge in [0.1, 0.15) is 5.75 Å². The van der Waals surface area contributed by atoms with Crippen LogP contribution in [0.4, 0.5) is 0 Å². The normalized spacial score (nSPS) is 12.5. The lowest BCUT2D eigenvalue weighted by molar-refractivity contribution is 0.109. The first-order valence-corrected chi connectivity index (χ1v) is 11.8. The minimum atomic E-state index is -1.88. The molecule has 0 amide bonds. The Morgan fingerprint density at radius 1 is 1.24 bits per heavy atom. The molecule has 0 atom stereocenters. The van der Waals surface area contributed by atoms with E-state index in [1.807, 2.05) is 18.2 Å². The van der Waals surface area contributed by atoms with E-state index in [1.165, 1.54) is 11.8 Å². The molecule has 3 aromatic rings. The molecule has 0 bridgehead atoms. The van der Waals surface area contributed by atoms with Crippen LogP contribution in [0.3, 0.4) is 0 Å². The molecular formula is C18H22N2O3SSi. The van der Waals surface area contributed by atoms with E-state index in [1.54, 1.807) is 12.1 Å². The van der Waals surface area contributed by atoms with Crippen molar-refractivity contribution in [2.24, 2.45) is 0 Å². The van der Waals surface area contributed by atoms with Crippen LogP contribution in [-0.2, 0) is 0 Å². The van der Waals surface area contributed by atoms with Crippen LogP contribution in [0.2, 0.25) is 18.1 Å². The van der Waals surface area contributed by atoms with Crippen molar-refractivity contribution < 1.29 is 13.6 Å². The van der Waals surface area contributed by atoms with Crippen molar-refractivity contribution in [1.29, 1.82) is 0 Å². The first-order chi connectivity index (χ1) is 11.7. The number of H-pyrrole nitrogens is 1. The summed E-state index contributed by atoms with van der Waals surface area (Å²) in [5.41, 5.74) is 1.79. The second kappa shape index (κ2) is 6.38. The SMILES string of the molecule is CC(C)(C)[Si](C)(C)Oc1ccc2nc(Sc3ccc(C=O)o3)[nH]c2c1. The number of carbonyl (C=O) groups is 1. The number of carbonyl (C=O) groups excluding carboxylic acids is 1. The number of hydrogen-bond acceptors (Lipinski definition) is 5. The van der Waals surface area contributed by atoms with Gasteiger partial charge in [0.25, 0.3) is 0 Å². The number of benzene rings is 1. The van der Waals surface area contributed by atoms with Gasteiger partial charge in [0.15, 0.2) is 22.3 Å². The van der Waals surface area contributed by atoms with Gasteiger partial charge in [-0.15, -0.1) is 0 Å². The Hall–Kier alpha value is -1.99. The zero-order valence-electron chi connectivity index (χ0n) is 15.0. The standard InChI is InChI=1S/C18H22N2O3SSi/c1-18(2,3)25(4,5)23-12-6-8-14-15(10-12)20-17(19-14)24-16-9-7-13(11-21)22-16/h6-11H,1-5H3,(H,19,20). The predicted octanol–water partition coefficient (Wildman–Crippen LogP) is 5.50. The van der Waals surface area contributed by atoms with Crippen molar-refractivity contribution >= 4 is 37.4 Å². The van der Waals surface area contributed by atoms with Gasteiger partial charge in [0.2, 0.25) is 8.32 Å². The molecule has 1 aromatic carbocycles. The number of aromatic nitrogens is 2. The Kier molecular flexibility index (Phi) is 4.55. The maximum absolute atomic E-state index is 10.7. The number of imidazole rings is 1. The summed E-state index contributed by atoms with van der Waals surface area (Å²) in [7, 11) is -1.88. The third-order valence-electron chi connectivity index (χ3n) is 4.53. The fourth-order valence-electron chi connectivity index (χ4n) is 2.07. The molecule has 0 aliphatic heterocycles. The number of rotatable bonds is 5. The first kappa shape index (κ1) is 17.8. The highest BCUT2D eigenvalue weighted by Gasteiger charge is 2.39. The summed E-state index contributed by atoms with van der Waals surface area (Å²) in [6.07, 6.45) is 0.688. The Bertz CT molecular complexity index is 909. The summed E-state index contributed by atoms with van der Waals surface area (Å²) in [6.45, 7) is 11.1. The number of furan rings is 1. The summed E-state index contributed by atoms with van der Waals surface area (Å²) in [4.78, 5) is 18.5. The predicted molar refractivity (Wildman–Crippen MR) is 102 cm³/mol. The molecule has 5 nitrogen and oxygen atoms in total. The molecular weight excluding hydrogens is 352 g/mol. The van der Waals surface area contributed by atoms with Gasteiger partial charge in [0.05, 0.1) is 11.0 Å².